The van der Waals surface area contributed by atoms with Crippen LogP contribution in [0.25, 0.3) is 0 Å². The van der Waals surface area contributed by atoms with Crippen LogP contribution in [0.4, 0.5) is 0 Å². The van der Waals surface area contributed by atoms with Gasteiger partial charge >= 0.3 is 6.01 Å². The molecular formula is C10H11N2O3-. The van der Waals surface area contributed by atoms with E-state index in [-0.39, 0.29) is 17.5 Å². The average Bonchev–Trinajstić information content (AvgIpc) is 2.98. The summed E-state index contributed by atoms with van der Waals surface area (Å²) in [5.41, 5.74) is 1.08. The quantitative estimate of drug-likeness (QED) is 0.699. The van der Waals surface area contributed by atoms with Gasteiger partial charge in [-0.1, -0.05) is 0 Å². The average molecular weight is 207 g/mol. The van der Waals surface area contributed by atoms with Crippen molar-refractivity contribution in [3.8, 4) is 6.01 Å². The van der Waals surface area contributed by atoms with Crippen LogP contribution in [0.15, 0.2) is 0 Å². The maximum atomic E-state index is 10.9. The number of hydrogen-bond donors (Lipinski definition) is 0. The largest absolute Gasteiger partial charge is 0.545 e. The second-order valence-electron chi connectivity index (χ2n) is 3.62. The Bertz CT molecular complexity index is 413. The monoisotopic (exact) mass is 207 g/mol. The molecular weight excluding hydrogens is 196 g/mol. The molecule has 0 N–H and O–H groups in total. The van der Waals surface area contributed by atoms with Crippen molar-refractivity contribution in [2.75, 3.05) is 7.11 Å². The standard InChI is InChI=1S/C10H12N2O3/c1-5-7(9(13)14)8(6-3-4-6)12-10(11-5)15-2/h6H,3-4H2,1-2H3,(H,13,14)/p-1. The van der Waals surface area contributed by atoms with E-state index >= 15 is 0 Å². The van der Waals surface area contributed by atoms with Gasteiger partial charge in [-0.15, -0.1) is 0 Å². The molecule has 0 aliphatic heterocycles. The number of carbonyl (C=O) groups is 1. The van der Waals surface area contributed by atoms with Crippen LogP contribution in [-0.4, -0.2) is 23.0 Å². The molecule has 1 heterocycles. The summed E-state index contributed by atoms with van der Waals surface area (Å²) in [4.78, 5) is 19.0. The molecule has 1 aliphatic carbocycles. The first-order valence-electron chi connectivity index (χ1n) is 4.77. The van der Waals surface area contributed by atoms with E-state index in [0.29, 0.717) is 11.4 Å². The number of ether oxygens (including phenoxy) is 1. The van der Waals surface area contributed by atoms with Gasteiger partial charge in [0.1, 0.15) is 0 Å². The van der Waals surface area contributed by atoms with Crippen molar-refractivity contribution in [1.29, 1.82) is 0 Å². The topological polar surface area (TPSA) is 75.1 Å². The maximum Gasteiger partial charge on any atom is 0.316 e. The summed E-state index contributed by atoms with van der Waals surface area (Å²) in [5, 5.41) is 10.9. The molecule has 0 radical (unpaired) electrons. The van der Waals surface area contributed by atoms with Gasteiger partial charge in [0, 0.05) is 11.5 Å². The van der Waals surface area contributed by atoms with Crippen LogP contribution < -0.4 is 9.84 Å². The molecule has 1 aromatic heterocycles. The van der Waals surface area contributed by atoms with Gasteiger partial charge in [-0.25, -0.2) is 0 Å². The summed E-state index contributed by atoms with van der Waals surface area (Å²) < 4.78 is 4.91. The highest BCUT2D eigenvalue weighted by Crippen LogP contribution is 2.41. The van der Waals surface area contributed by atoms with E-state index in [1.54, 1.807) is 6.92 Å². The van der Waals surface area contributed by atoms with E-state index in [1.807, 2.05) is 0 Å². The van der Waals surface area contributed by atoms with Gasteiger partial charge in [0.15, 0.2) is 0 Å². The molecule has 0 spiro atoms. The minimum absolute atomic E-state index is 0.123. The lowest BCUT2D eigenvalue weighted by Crippen LogP contribution is -2.26. The first kappa shape index (κ1) is 9.89. The van der Waals surface area contributed by atoms with E-state index in [0.717, 1.165) is 12.8 Å². The molecule has 1 aliphatic rings. The van der Waals surface area contributed by atoms with E-state index in [9.17, 15) is 9.90 Å². The maximum absolute atomic E-state index is 10.9. The lowest BCUT2D eigenvalue weighted by molar-refractivity contribution is -0.255. The van der Waals surface area contributed by atoms with Crippen LogP contribution in [0.3, 0.4) is 0 Å². The SMILES string of the molecule is COc1nc(C)c(C(=O)[O-])c(C2CC2)n1. The van der Waals surface area contributed by atoms with Gasteiger partial charge in [-0.3, -0.25) is 0 Å². The van der Waals surface area contributed by atoms with E-state index in [1.165, 1.54) is 7.11 Å². The zero-order chi connectivity index (χ0) is 11.0. The summed E-state index contributed by atoms with van der Waals surface area (Å²) in [5.74, 6) is -0.981. The molecule has 0 atom stereocenters. The van der Waals surface area contributed by atoms with Crippen LogP contribution >= 0.6 is 0 Å². The van der Waals surface area contributed by atoms with Gasteiger partial charge in [0.25, 0.3) is 0 Å². The Labute approximate surface area is 87.1 Å². The summed E-state index contributed by atoms with van der Waals surface area (Å²) in [6, 6.07) is 0.222. The molecule has 1 saturated carbocycles. The second-order valence-corrected chi connectivity index (χ2v) is 3.62. The number of aromatic nitrogens is 2. The number of rotatable bonds is 3. The van der Waals surface area contributed by atoms with Crippen molar-refractivity contribution in [1.82, 2.24) is 9.97 Å². The molecule has 0 aromatic carbocycles. The Morgan fingerprint density at radius 3 is 2.60 bits per heavy atom. The third-order valence-corrected chi connectivity index (χ3v) is 2.45. The van der Waals surface area contributed by atoms with Crippen molar-refractivity contribution < 1.29 is 14.6 Å². The van der Waals surface area contributed by atoms with Crippen LogP contribution in [0.2, 0.25) is 0 Å². The summed E-state index contributed by atoms with van der Waals surface area (Å²) >= 11 is 0. The molecule has 0 saturated heterocycles. The minimum atomic E-state index is -1.21. The minimum Gasteiger partial charge on any atom is -0.545 e. The second kappa shape index (κ2) is 3.49. The lowest BCUT2D eigenvalue weighted by atomic mass is 10.1. The van der Waals surface area contributed by atoms with Crippen LogP contribution in [-0.2, 0) is 0 Å². The number of hydrogen-bond acceptors (Lipinski definition) is 5. The summed E-state index contributed by atoms with van der Waals surface area (Å²) in [6.45, 7) is 1.63. The van der Waals surface area contributed by atoms with Gasteiger partial charge in [-0.05, 0) is 19.8 Å². The van der Waals surface area contributed by atoms with E-state index in [2.05, 4.69) is 9.97 Å². The number of nitrogens with zero attached hydrogens (tertiary/aromatic N) is 2. The highest BCUT2D eigenvalue weighted by molar-refractivity contribution is 5.88. The fourth-order valence-electron chi connectivity index (χ4n) is 1.56. The van der Waals surface area contributed by atoms with Gasteiger partial charge < -0.3 is 14.6 Å². The van der Waals surface area contributed by atoms with Crippen molar-refractivity contribution >= 4 is 5.97 Å². The highest BCUT2D eigenvalue weighted by atomic mass is 16.5. The predicted octanol–water partition coefficient (Wildman–Crippen LogP) is 0.0345. The summed E-state index contributed by atoms with van der Waals surface area (Å²) in [6.07, 6.45) is 1.94. The van der Waals surface area contributed by atoms with Crippen molar-refractivity contribution in [2.45, 2.75) is 25.7 Å². The van der Waals surface area contributed by atoms with E-state index < -0.39 is 5.97 Å². The Morgan fingerprint density at radius 2 is 2.13 bits per heavy atom. The Hall–Kier alpha value is -1.65. The molecule has 0 bridgehead atoms. The van der Waals surface area contributed by atoms with Crippen molar-refractivity contribution in [3.05, 3.63) is 17.0 Å². The molecule has 0 unspecified atom stereocenters. The zero-order valence-corrected chi connectivity index (χ0v) is 8.61. The van der Waals surface area contributed by atoms with Crippen LogP contribution in [0.5, 0.6) is 6.01 Å². The molecule has 0 amide bonds. The molecule has 5 heteroatoms. The normalized spacial score (nSPS) is 15.1. The number of carbonyl (C=O) groups excluding carboxylic acids is 1. The fraction of sp³-hybridized carbons (Fsp3) is 0.500. The molecule has 15 heavy (non-hydrogen) atoms. The third-order valence-electron chi connectivity index (χ3n) is 2.45. The van der Waals surface area contributed by atoms with Crippen molar-refractivity contribution in [2.24, 2.45) is 0 Å². The first-order valence-corrected chi connectivity index (χ1v) is 4.77. The smallest absolute Gasteiger partial charge is 0.316 e. The van der Waals surface area contributed by atoms with Gasteiger partial charge in [0.2, 0.25) is 0 Å². The molecule has 1 aromatic rings. The number of aromatic carboxylic acids is 1. The summed E-state index contributed by atoms with van der Waals surface area (Å²) in [7, 11) is 1.46. The van der Waals surface area contributed by atoms with Crippen LogP contribution in [0, 0.1) is 6.92 Å². The number of carboxylic acid groups (broad SMARTS) is 1. The predicted molar refractivity (Wildman–Crippen MR) is 49.6 cm³/mol. The highest BCUT2D eigenvalue weighted by Gasteiger charge is 2.29. The number of aryl methyl sites for hydroxylation is 1. The Morgan fingerprint density at radius 1 is 1.47 bits per heavy atom. The molecule has 2 rings (SSSR count). The zero-order valence-electron chi connectivity index (χ0n) is 8.61. The first-order chi connectivity index (χ1) is 7.13. The number of methoxy groups -OCH3 is 1. The Kier molecular flexibility index (Phi) is 2.30. The third kappa shape index (κ3) is 1.77. The van der Waals surface area contributed by atoms with Gasteiger partial charge in [0.05, 0.1) is 24.5 Å². The lowest BCUT2D eigenvalue weighted by Gasteiger charge is -2.12. The molecule has 80 valence electrons. The van der Waals surface area contributed by atoms with Crippen molar-refractivity contribution in [3.63, 3.8) is 0 Å². The Balaban J connectivity index is 2.55. The number of carboxylic acids is 1. The molecule has 1 fully saturated rings. The van der Waals surface area contributed by atoms with Crippen LogP contribution in [0.1, 0.15) is 40.5 Å². The van der Waals surface area contributed by atoms with Gasteiger partial charge in [-0.2, -0.15) is 9.97 Å². The van der Waals surface area contributed by atoms with E-state index in [4.69, 9.17) is 4.74 Å². The fourth-order valence-corrected chi connectivity index (χ4v) is 1.56. The molecule has 5 nitrogen and oxygen atoms in total.